The predicted molar refractivity (Wildman–Crippen MR) is 96.4 cm³/mol. The normalized spacial score (nSPS) is 15.2. The molecule has 1 fully saturated rings. The fourth-order valence-electron chi connectivity index (χ4n) is 1.97. The van der Waals surface area contributed by atoms with Gasteiger partial charge in [-0.15, -0.1) is 0 Å². The van der Waals surface area contributed by atoms with Crippen molar-refractivity contribution in [2.75, 3.05) is 32.9 Å². The van der Waals surface area contributed by atoms with Crippen LogP contribution in [0.2, 0.25) is 0 Å². The molecule has 130 valence electrons. The van der Waals surface area contributed by atoms with Crippen LogP contribution in [0.3, 0.4) is 0 Å². The molecule has 1 aromatic rings. The Hall–Kier alpha value is -1.49. The van der Waals surface area contributed by atoms with Crippen molar-refractivity contribution in [1.29, 1.82) is 0 Å². The number of nitrogens with one attached hydrogen (secondary N) is 1. The van der Waals surface area contributed by atoms with Crippen molar-refractivity contribution in [3.8, 4) is 0 Å². The molecule has 0 radical (unpaired) electrons. The van der Waals surface area contributed by atoms with Crippen LogP contribution in [0.15, 0.2) is 29.2 Å². The summed E-state index contributed by atoms with van der Waals surface area (Å²) in [4.78, 5) is 25.2. The van der Waals surface area contributed by atoms with Gasteiger partial charge in [0.25, 0.3) is 5.91 Å². The van der Waals surface area contributed by atoms with Crippen LogP contribution in [-0.4, -0.2) is 66.7 Å². The Balaban J connectivity index is 1.94. The average molecular weight is 388 g/mol. The van der Waals surface area contributed by atoms with Crippen molar-refractivity contribution in [3.63, 3.8) is 0 Å². The monoisotopic (exact) mass is 387 g/mol. The summed E-state index contributed by atoms with van der Waals surface area (Å²) >= 11 is 6.36. The van der Waals surface area contributed by atoms with E-state index in [0.29, 0.717) is 22.2 Å². The lowest BCUT2D eigenvalue weighted by molar-refractivity contribution is -0.123. The van der Waals surface area contributed by atoms with E-state index in [-0.39, 0.29) is 23.3 Å². The molecular formula is C14H17N3O4S3. The molecule has 1 aliphatic heterocycles. The Morgan fingerprint density at radius 2 is 1.96 bits per heavy atom. The number of amides is 2. The van der Waals surface area contributed by atoms with Gasteiger partial charge in [-0.25, -0.2) is 12.7 Å². The Kier molecular flexibility index (Phi) is 5.97. The zero-order valence-electron chi connectivity index (χ0n) is 13.2. The quantitative estimate of drug-likeness (QED) is 0.717. The van der Waals surface area contributed by atoms with Crippen LogP contribution in [0.4, 0.5) is 0 Å². The molecule has 0 spiro atoms. The summed E-state index contributed by atoms with van der Waals surface area (Å²) in [6.45, 7) is 0.590. The highest BCUT2D eigenvalue weighted by atomic mass is 32.2. The number of nitrogens with zero attached hydrogens (tertiary/aromatic N) is 2. The van der Waals surface area contributed by atoms with Gasteiger partial charge in [0.15, 0.2) is 0 Å². The van der Waals surface area contributed by atoms with Crippen LogP contribution >= 0.6 is 24.0 Å². The van der Waals surface area contributed by atoms with E-state index in [1.165, 1.54) is 55.0 Å². The van der Waals surface area contributed by atoms with Gasteiger partial charge in [0.2, 0.25) is 15.9 Å². The first-order valence-corrected chi connectivity index (χ1v) is 9.85. The standard InChI is InChI=1S/C14H17N3O4S3/c1-16(2)24(20,21)11-5-3-10(4-6-11)13(19)15-7-8-17-12(18)9-23-14(17)22/h3-6H,7-9H2,1-2H3,(H,15,19). The molecule has 0 bridgehead atoms. The van der Waals surface area contributed by atoms with Gasteiger partial charge in [0, 0.05) is 32.7 Å². The summed E-state index contributed by atoms with van der Waals surface area (Å²) in [6.07, 6.45) is 0. The molecule has 0 unspecified atom stereocenters. The fourth-order valence-corrected chi connectivity index (χ4v) is 3.99. The summed E-state index contributed by atoms with van der Waals surface area (Å²) in [5.41, 5.74) is 0.345. The molecule has 1 aromatic carbocycles. The van der Waals surface area contributed by atoms with Crippen molar-refractivity contribution < 1.29 is 18.0 Å². The lowest BCUT2D eigenvalue weighted by Gasteiger charge is -2.15. The minimum atomic E-state index is -3.52. The first kappa shape index (κ1) is 18.8. The number of hydrogen-bond donors (Lipinski definition) is 1. The SMILES string of the molecule is CN(C)S(=O)(=O)c1ccc(C(=O)NCCN2C(=O)CSC2=S)cc1. The maximum atomic E-state index is 12.1. The molecule has 0 atom stereocenters. The van der Waals surface area contributed by atoms with E-state index < -0.39 is 10.0 Å². The number of rotatable bonds is 6. The van der Waals surface area contributed by atoms with E-state index in [2.05, 4.69) is 5.32 Å². The second kappa shape index (κ2) is 7.60. The highest BCUT2D eigenvalue weighted by molar-refractivity contribution is 8.23. The molecule has 1 aliphatic rings. The van der Waals surface area contributed by atoms with Crippen molar-refractivity contribution in [2.45, 2.75) is 4.90 Å². The smallest absolute Gasteiger partial charge is 0.251 e. The molecule has 0 aromatic heterocycles. The topological polar surface area (TPSA) is 86.8 Å². The second-order valence-corrected chi connectivity index (χ2v) is 8.93. The van der Waals surface area contributed by atoms with Crippen molar-refractivity contribution in [1.82, 2.24) is 14.5 Å². The first-order chi connectivity index (χ1) is 11.2. The molecule has 2 amide bonds. The minimum absolute atomic E-state index is 0.0579. The van der Waals surface area contributed by atoms with E-state index in [1.54, 1.807) is 0 Å². The number of hydrogen-bond acceptors (Lipinski definition) is 6. The van der Waals surface area contributed by atoms with E-state index in [9.17, 15) is 18.0 Å². The summed E-state index contributed by atoms with van der Waals surface area (Å²) in [5.74, 6) is -0.0549. The summed E-state index contributed by atoms with van der Waals surface area (Å²) in [7, 11) is -0.633. The van der Waals surface area contributed by atoms with Gasteiger partial charge in [0.1, 0.15) is 4.32 Å². The Morgan fingerprint density at radius 3 is 2.46 bits per heavy atom. The summed E-state index contributed by atoms with van der Waals surface area (Å²) in [5, 5.41) is 2.69. The minimum Gasteiger partial charge on any atom is -0.350 e. The number of thiocarbonyl (C=S) groups is 1. The molecule has 1 heterocycles. The van der Waals surface area contributed by atoms with Crippen LogP contribution in [-0.2, 0) is 14.8 Å². The molecule has 0 saturated carbocycles. The van der Waals surface area contributed by atoms with Gasteiger partial charge in [-0.05, 0) is 24.3 Å². The van der Waals surface area contributed by atoms with Crippen molar-refractivity contribution >= 4 is 50.1 Å². The Morgan fingerprint density at radius 1 is 1.33 bits per heavy atom. The third-order valence-corrected chi connectivity index (χ3v) is 6.62. The third kappa shape index (κ3) is 4.12. The predicted octanol–water partition coefficient (Wildman–Crippen LogP) is 0.527. The van der Waals surface area contributed by atoms with Crippen LogP contribution in [0.1, 0.15) is 10.4 Å². The number of sulfonamides is 1. The highest BCUT2D eigenvalue weighted by Gasteiger charge is 2.26. The molecular weight excluding hydrogens is 370 g/mol. The molecule has 0 aliphatic carbocycles. The summed E-state index contributed by atoms with van der Waals surface area (Å²) < 4.78 is 25.6. The lowest BCUT2D eigenvalue weighted by Crippen LogP contribution is -2.37. The van der Waals surface area contributed by atoms with Crippen LogP contribution in [0.25, 0.3) is 0 Å². The highest BCUT2D eigenvalue weighted by Crippen LogP contribution is 2.18. The van der Waals surface area contributed by atoms with Crippen LogP contribution < -0.4 is 5.32 Å². The van der Waals surface area contributed by atoms with Gasteiger partial charge >= 0.3 is 0 Å². The Labute approximate surface area is 150 Å². The van der Waals surface area contributed by atoms with Gasteiger partial charge in [-0.3, -0.25) is 14.5 Å². The Bertz CT molecular complexity index is 744. The first-order valence-electron chi connectivity index (χ1n) is 7.01. The van der Waals surface area contributed by atoms with E-state index in [1.807, 2.05) is 0 Å². The van der Waals surface area contributed by atoms with Crippen molar-refractivity contribution in [3.05, 3.63) is 29.8 Å². The zero-order valence-corrected chi connectivity index (χ0v) is 15.6. The lowest BCUT2D eigenvalue weighted by atomic mass is 10.2. The van der Waals surface area contributed by atoms with Crippen LogP contribution in [0, 0.1) is 0 Å². The van der Waals surface area contributed by atoms with E-state index >= 15 is 0 Å². The second-order valence-electron chi connectivity index (χ2n) is 5.17. The molecule has 2 rings (SSSR count). The molecule has 24 heavy (non-hydrogen) atoms. The molecule has 7 nitrogen and oxygen atoms in total. The zero-order chi connectivity index (χ0) is 17.9. The molecule has 1 N–H and O–H groups in total. The number of thioether (sulfide) groups is 1. The van der Waals surface area contributed by atoms with Gasteiger partial charge in [-0.1, -0.05) is 24.0 Å². The third-order valence-electron chi connectivity index (χ3n) is 3.36. The summed E-state index contributed by atoms with van der Waals surface area (Å²) in [6, 6.07) is 5.68. The average Bonchev–Trinajstić information content (AvgIpc) is 2.86. The van der Waals surface area contributed by atoms with Gasteiger partial charge in [-0.2, -0.15) is 0 Å². The maximum Gasteiger partial charge on any atom is 0.251 e. The van der Waals surface area contributed by atoms with E-state index in [0.717, 1.165) is 4.31 Å². The van der Waals surface area contributed by atoms with Gasteiger partial charge in [0.05, 0.1) is 10.6 Å². The van der Waals surface area contributed by atoms with Crippen molar-refractivity contribution in [2.24, 2.45) is 0 Å². The van der Waals surface area contributed by atoms with E-state index in [4.69, 9.17) is 12.2 Å². The van der Waals surface area contributed by atoms with Crippen LogP contribution in [0.5, 0.6) is 0 Å². The number of carbonyl (C=O) groups excluding carboxylic acids is 2. The fraction of sp³-hybridized carbons (Fsp3) is 0.357. The molecule has 1 saturated heterocycles. The number of benzene rings is 1. The number of carbonyl (C=O) groups is 2. The molecule has 10 heteroatoms. The largest absolute Gasteiger partial charge is 0.350 e. The maximum absolute atomic E-state index is 12.1. The van der Waals surface area contributed by atoms with Gasteiger partial charge < -0.3 is 5.32 Å².